The van der Waals surface area contributed by atoms with E-state index in [4.69, 9.17) is 4.74 Å². The third-order valence-electron chi connectivity index (χ3n) is 3.14. The summed E-state index contributed by atoms with van der Waals surface area (Å²) in [6, 6.07) is 16.6. The maximum atomic E-state index is 12.2. The summed E-state index contributed by atoms with van der Waals surface area (Å²) in [4.78, 5) is 12.2. The van der Waals surface area contributed by atoms with E-state index in [2.05, 4.69) is 5.32 Å². The summed E-state index contributed by atoms with van der Waals surface area (Å²) in [6.45, 7) is 4.45. The number of nitrogens with one attached hydrogen (secondary N) is 1. The fourth-order valence-electron chi connectivity index (χ4n) is 2.06. The SMILES string of the molecule is CCOc1ccc(C=C(C#N)C(=O)Nc2cccc(C)c2)cc1. The van der Waals surface area contributed by atoms with Crippen molar-refractivity contribution in [2.75, 3.05) is 11.9 Å². The minimum absolute atomic E-state index is 0.0515. The fraction of sp³-hybridized carbons (Fsp3) is 0.158. The monoisotopic (exact) mass is 306 g/mol. The van der Waals surface area contributed by atoms with Gasteiger partial charge in [0.15, 0.2) is 0 Å². The third-order valence-corrected chi connectivity index (χ3v) is 3.14. The molecular formula is C19H18N2O2. The van der Waals surface area contributed by atoms with Crippen LogP contribution in [0.2, 0.25) is 0 Å². The lowest BCUT2D eigenvalue weighted by Crippen LogP contribution is -2.13. The van der Waals surface area contributed by atoms with Gasteiger partial charge in [-0.1, -0.05) is 24.3 Å². The van der Waals surface area contributed by atoms with Gasteiger partial charge in [0, 0.05) is 5.69 Å². The second-order valence-corrected chi connectivity index (χ2v) is 5.00. The molecule has 0 unspecified atom stereocenters. The summed E-state index contributed by atoms with van der Waals surface area (Å²) < 4.78 is 5.36. The van der Waals surface area contributed by atoms with Crippen molar-refractivity contribution in [1.29, 1.82) is 5.26 Å². The van der Waals surface area contributed by atoms with Gasteiger partial charge in [-0.05, 0) is 55.3 Å². The highest BCUT2D eigenvalue weighted by Gasteiger charge is 2.09. The molecule has 0 fully saturated rings. The predicted octanol–water partition coefficient (Wildman–Crippen LogP) is 3.94. The van der Waals surface area contributed by atoms with Crippen LogP contribution in [0.1, 0.15) is 18.1 Å². The van der Waals surface area contributed by atoms with Crippen LogP contribution in [0.15, 0.2) is 54.1 Å². The van der Waals surface area contributed by atoms with E-state index in [9.17, 15) is 10.1 Å². The van der Waals surface area contributed by atoms with E-state index in [1.165, 1.54) is 0 Å². The highest BCUT2D eigenvalue weighted by atomic mass is 16.5. The van der Waals surface area contributed by atoms with Crippen molar-refractivity contribution < 1.29 is 9.53 Å². The van der Waals surface area contributed by atoms with E-state index in [1.54, 1.807) is 12.1 Å². The van der Waals surface area contributed by atoms with Crippen LogP contribution in [0.5, 0.6) is 5.75 Å². The van der Waals surface area contributed by atoms with Crippen molar-refractivity contribution in [1.82, 2.24) is 0 Å². The largest absolute Gasteiger partial charge is 0.494 e. The van der Waals surface area contributed by atoms with Crippen LogP contribution in [-0.2, 0) is 4.79 Å². The molecule has 0 bridgehead atoms. The van der Waals surface area contributed by atoms with E-state index in [0.717, 1.165) is 16.9 Å². The first-order chi connectivity index (χ1) is 11.1. The lowest BCUT2D eigenvalue weighted by molar-refractivity contribution is -0.112. The molecule has 0 heterocycles. The molecule has 1 N–H and O–H groups in total. The highest BCUT2D eigenvalue weighted by molar-refractivity contribution is 6.09. The first kappa shape index (κ1) is 16.3. The molecule has 0 spiro atoms. The molecule has 0 aliphatic heterocycles. The van der Waals surface area contributed by atoms with Crippen LogP contribution in [0.25, 0.3) is 6.08 Å². The fourth-order valence-corrected chi connectivity index (χ4v) is 2.06. The molecule has 1 amide bonds. The van der Waals surface area contributed by atoms with Gasteiger partial charge in [0.05, 0.1) is 6.61 Å². The van der Waals surface area contributed by atoms with Crippen molar-refractivity contribution in [3.05, 3.63) is 65.2 Å². The minimum Gasteiger partial charge on any atom is -0.494 e. The van der Waals surface area contributed by atoms with Gasteiger partial charge in [0.2, 0.25) is 0 Å². The van der Waals surface area contributed by atoms with Crippen LogP contribution >= 0.6 is 0 Å². The maximum Gasteiger partial charge on any atom is 0.266 e. The van der Waals surface area contributed by atoms with E-state index in [-0.39, 0.29) is 5.57 Å². The quantitative estimate of drug-likeness (QED) is 0.672. The highest BCUT2D eigenvalue weighted by Crippen LogP contribution is 2.16. The Labute approximate surface area is 136 Å². The summed E-state index contributed by atoms with van der Waals surface area (Å²) in [5.41, 5.74) is 2.53. The number of nitriles is 1. The topological polar surface area (TPSA) is 62.1 Å². The number of aryl methyl sites for hydroxylation is 1. The van der Waals surface area contributed by atoms with Gasteiger partial charge in [-0.3, -0.25) is 4.79 Å². The Morgan fingerprint density at radius 3 is 2.61 bits per heavy atom. The smallest absolute Gasteiger partial charge is 0.266 e. The van der Waals surface area contributed by atoms with Gasteiger partial charge in [-0.2, -0.15) is 5.26 Å². The molecule has 0 aliphatic rings. The molecule has 2 aromatic rings. The van der Waals surface area contributed by atoms with Crippen molar-refractivity contribution in [3.8, 4) is 11.8 Å². The number of amides is 1. The minimum atomic E-state index is -0.424. The second-order valence-electron chi connectivity index (χ2n) is 5.00. The number of rotatable bonds is 5. The molecule has 23 heavy (non-hydrogen) atoms. The molecule has 0 radical (unpaired) electrons. The van der Waals surface area contributed by atoms with Gasteiger partial charge in [0.25, 0.3) is 5.91 Å². The summed E-state index contributed by atoms with van der Waals surface area (Å²) in [6.07, 6.45) is 1.56. The summed E-state index contributed by atoms with van der Waals surface area (Å²) in [5.74, 6) is 0.333. The zero-order chi connectivity index (χ0) is 16.7. The second kappa shape index (κ2) is 7.81. The number of nitrogens with zero attached hydrogens (tertiary/aromatic N) is 1. The molecule has 0 saturated heterocycles. The number of anilines is 1. The lowest BCUT2D eigenvalue weighted by Gasteiger charge is -2.05. The molecule has 0 atom stereocenters. The van der Waals surface area contributed by atoms with E-state index in [0.29, 0.717) is 12.3 Å². The zero-order valence-corrected chi connectivity index (χ0v) is 13.2. The maximum absolute atomic E-state index is 12.2. The van der Waals surface area contributed by atoms with Gasteiger partial charge in [0.1, 0.15) is 17.4 Å². The standard InChI is InChI=1S/C19H18N2O2/c1-3-23-18-9-7-15(8-10-18)12-16(13-20)19(22)21-17-6-4-5-14(2)11-17/h4-12H,3H2,1-2H3,(H,21,22). The Morgan fingerprint density at radius 1 is 1.26 bits per heavy atom. The van der Waals surface area contributed by atoms with Crippen molar-refractivity contribution in [2.45, 2.75) is 13.8 Å². The molecule has 0 saturated carbocycles. The van der Waals surface area contributed by atoms with Crippen molar-refractivity contribution in [3.63, 3.8) is 0 Å². The van der Waals surface area contributed by atoms with Gasteiger partial charge < -0.3 is 10.1 Å². The molecular weight excluding hydrogens is 288 g/mol. The first-order valence-corrected chi connectivity index (χ1v) is 7.35. The Kier molecular flexibility index (Phi) is 5.54. The van der Waals surface area contributed by atoms with Crippen molar-refractivity contribution >= 4 is 17.7 Å². The number of hydrogen-bond acceptors (Lipinski definition) is 3. The summed E-state index contributed by atoms with van der Waals surface area (Å²) in [7, 11) is 0. The van der Waals surface area contributed by atoms with Crippen LogP contribution < -0.4 is 10.1 Å². The number of hydrogen-bond donors (Lipinski definition) is 1. The van der Waals surface area contributed by atoms with Crippen LogP contribution in [0, 0.1) is 18.3 Å². The number of ether oxygens (including phenoxy) is 1. The Balaban J connectivity index is 2.14. The van der Waals surface area contributed by atoms with Gasteiger partial charge >= 0.3 is 0 Å². The predicted molar refractivity (Wildman–Crippen MR) is 91.0 cm³/mol. The Hall–Kier alpha value is -3.06. The molecule has 0 aromatic heterocycles. The Bertz CT molecular complexity index is 756. The van der Waals surface area contributed by atoms with Crippen LogP contribution in [0.3, 0.4) is 0 Å². The van der Waals surface area contributed by atoms with Crippen LogP contribution in [-0.4, -0.2) is 12.5 Å². The molecule has 116 valence electrons. The third kappa shape index (κ3) is 4.72. The van der Waals surface area contributed by atoms with E-state index in [1.807, 2.05) is 62.4 Å². The average molecular weight is 306 g/mol. The molecule has 4 heteroatoms. The number of carbonyl (C=O) groups excluding carboxylic acids is 1. The van der Waals surface area contributed by atoms with Crippen LogP contribution in [0.4, 0.5) is 5.69 Å². The average Bonchev–Trinajstić information content (AvgIpc) is 2.54. The zero-order valence-electron chi connectivity index (χ0n) is 13.2. The normalized spacial score (nSPS) is 10.7. The molecule has 0 aliphatic carbocycles. The van der Waals surface area contributed by atoms with E-state index >= 15 is 0 Å². The molecule has 2 aromatic carbocycles. The first-order valence-electron chi connectivity index (χ1n) is 7.35. The number of carbonyl (C=O) groups is 1. The summed E-state index contributed by atoms with van der Waals surface area (Å²) in [5, 5.41) is 12.0. The van der Waals surface area contributed by atoms with E-state index < -0.39 is 5.91 Å². The summed E-state index contributed by atoms with van der Waals surface area (Å²) >= 11 is 0. The molecule has 2 rings (SSSR count). The van der Waals surface area contributed by atoms with Gasteiger partial charge in [-0.25, -0.2) is 0 Å². The molecule has 4 nitrogen and oxygen atoms in total. The lowest BCUT2D eigenvalue weighted by atomic mass is 10.1. The van der Waals surface area contributed by atoms with Gasteiger partial charge in [-0.15, -0.1) is 0 Å². The number of benzene rings is 2. The Morgan fingerprint density at radius 2 is 2.00 bits per heavy atom. The van der Waals surface area contributed by atoms with Crippen molar-refractivity contribution in [2.24, 2.45) is 0 Å².